The molecule has 1 amide bonds. The maximum Gasteiger partial charge on any atom is 0.340 e. The van der Waals surface area contributed by atoms with Gasteiger partial charge in [0.2, 0.25) is 5.91 Å². The number of rotatable bonds is 9. The highest BCUT2D eigenvalue weighted by atomic mass is 16.5. The fourth-order valence-electron chi connectivity index (χ4n) is 5.29. The molecule has 4 heterocycles. The molecule has 1 atom stereocenters. The highest BCUT2D eigenvalue weighted by molar-refractivity contribution is 5.89. The number of nitrogens with zero attached hydrogens (tertiary/aromatic N) is 4. The summed E-state index contributed by atoms with van der Waals surface area (Å²) in [6.45, 7) is 8.25. The van der Waals surface area contributed by atoms with Crippen molar-refractivity contribution in [3.8, 4) is 11.4 Å². The molecule has 3 aromatic rings. The molecule has 13 nitrogen and oxygen atoms in total. The van der Waals surface area contributed by atoms with Gasteiger partial charge in [0.15, 0.2) is 12.6 Å². The number of fused-ring (bicyclic) bond motifs is 5. The number of carbonyl (C=O) groups excluding carboxylic acids is 2. The van der Waals surface area contributed by atoms with E-state index in [1.54, 1.807) is 16.8 Å². The van der Waals surface area contributed by atoms with Crippen LogP contribution < -0.4 is 22.5 Å². The molecule has 5 rings (SSSR count). The van der Waals surface area contributed by atoms with Crippen LogP contribution in [0.1, 0.15) is 66.2 Å². The summed E-state index contributed by atoms with van der Waals surface area (Å²) in [5.41, 5.74) is 12.5. The third-order valence-corrected chi connectivity index (χ3v) is 7.53. The number of aliphatic hydroxyl groups is 1. The van der Waals surface area contributed by atoms with E-state index >= 15 is 0 Å². The number of hydrogen-bond acceptors (Lipinski definition) is 11. The Morgan fingerprint density at radius 1 is 1.23 bits per heavy atom. The SMILES string of the molecule is CC.Cc1cc2nc3c(c(CN(N)/C=C(\N)CCCNC(=O)CN=O)c2cc1C)Cn1c-3cc2c(c1=O)COC(=O)C2O. The molecule has 0 aliphatic carbocycles. The van der Waals surface area contributed by atoms with E-state index in [4.69, 9.17) is 21.3 Å². The lowest BCUT2D eigenvalue weighted by atomic mass is 9.96. The summed E-state index contributed by atoms with van der Waals surface area (Å²) in [5.74, 6) is 5.17. The Hall–Kier alpha value is -4.62. The van der Waals surface area contributed by atoms with Crippen molar-refractivity contribution in [2.75, 3.05) is 13.1 Å². The van der Waals surface area contributed by atoms with Gasteiger partial charge in [0.25, 0.3) is 5.56 Å². The van der Waals surface area contributed by atoms with E-state index in [1.807, 2.05) is 33.8 Å². The molecule has 0 spiro atoms. The Labute approximate surface area is 248 Å². The van der Waals surface area contributed by atoms with Crippen LogP contribution >= 0.6 is 0 Å². The number of ether oxygens (including phenoxy) is 1. The van der Waals surface area contributed by atoms with Crippen LogP contribution in [0.15, 0.2) is 40.1 Å². The number of nitrogens with two attached hydrogens (primary N) is 2. The summed E-state index contributed by atoms with van der Waals surface area (Å²) in [4.78, 5) is 51.9. The molecule has 2 aliphatic heterocycles. The first-order valence-corrected chi connectivity index (χ1v) is 14.2. The third kappa shape index (κ3) is 6.27. The fraction of sp³-hybridized carbons (Fsp3) is 0.400. The zero-order valence-corrected chi connectivity index (χ0v) is 24.8. The minimum atomic E-state index is -1.53. The van der Waals surface area contributed by atoms with Gasteiger partial charge >= 0.3 is 5.97 Å². The number of benzene rings is 1. The molecular formula is C30H37N7O6. The van der Waals surface area contributed by atoms with Crippen molar-refractivity contribution >= 4 is 22.8 Å². The van der Waals surface area contributed by atoms with Crippen molar-refractivity contribution in [3.05, 3.63) is 78.7 Å². The Kier molecular flexibility index (Phi) is 9.56. The van der Waals surface area contributed by atoms with Crippen molar-refractivity contribution in [3.63, 3.8) is 0 Å². The number of aliphatic hydroxyl groups excluding tert-OH is 1. The molecule has 6 N–H and O–H groups in total. The number of aryl methyl sites for hydroxylation is 2. The fourth-order valence-corrected chi connectivity index (χ4v) is 5.29. The zero-order valence-electron chi connectivity index (χ0n) is 24.8. The smallest absolute Gasteiger partial charge is 0.340 e. The zero-order chi connectivity index (χ0) is 31.4. The molecule has 228 valence electrons. The predicted octanol–water partition coefficient (Wildman–Crippen LogP) is 2.30. The van der Waals surface area contributed by atoms with E-state index in [1.165, 1.54) is 5.01 Å². The van der Waals surface area contributed by atoms with Gasteiger partial charge in [-0.25, -0.2) is 15.6 Å². The van der Waals surface area contributed by atoms with Gasteiger partial charge in [0.1, 0.15) is 6.61 Å². The molecule has 1 aromatic carbocycles. The van der Waals surface area contributed by atoms with Gasteiger partial charge in [-0.3, -0.25) is 9.59 Å². The molecule has 1 unspecified atom stereocenters. The average molecular weight is 592 g/mol. The Bertz CT molecular complexity index is 1680. The Balaban J connectivity index is 0.00000207. The van der Waals surface area contributed by atoms with E-state index < -0.39 is 24.5 Å². The number of allylic oxidation sites excluding steroid dienone is 1. The molecule has 43 heavy (non-hydrogen) atoms. The minimum Gasteiger partial charge on any atom is -0.458 e. The first-order valence-electron chi connectivity index (χ1n) is 14.2. The monoisotopic (exact) mass is 591 g/mol. The van der Waals surface area contributed by atoms with E-state index in [0.29, 0.717) is 36.5 Å². The number of aromatic nitrogens is 2. The van der Waals surface area contributed by atoms with Gasteiger partial charge in [0, 0.05) is 35.0 Å². The highest BCUT2D eigenvalue weighted by Crippen LogP contribution is 2.38. The maximum atomic E-state index is 13.4. The van der Waals surface area contributed by atoms with Crippen molar-refractivity contribution in [1.82, 2.24) is 19.9 Å². The average Bonchev–Trinajstić information content (AvgIpc) is 3.34. The summed E-state index contributed by atoms with van der Waals surface area (Å²) >= 11 is 0. The van der Waals surface area contributed by atoms with Gasteiger partial charge in [-0.15, -0.1) is 0 Å². The second kappa shape index (κ2) is 13.1. The van der Waals surface area contributed by atoms with Crippen LogP contribution in [0, 0.1) is 18.8 Å². The van der Waals surface area contributed by atoms with Crippen molar-refractivity contribution in [2.45, 2.75) is 66.3 Å². The van der Waals surface area contributed by atoms with Gasteiger partial charge in [0.05, 0.1) is 35.6 Å². The van der Waals surface area contributed by atoms with Gasteiger partial charge in [-0.1, -0.05) is 19.0 Å². The molecule has 0 saturated carbocycles. The number of hydrogen-bond donors (Lipinski definition) is 4. The topological polar surface area (TPSA) is 195 Å². The number of cyclic esters (lactones) is 1. The summed E-state index contributed by atoms with van der Waals surface area (Å²) in [7, 11) is 0. The molecule has 2 aliphatic rings. The first kappa shape index (κ1) is 31.3. The second-order valence-electron chi connectivity index (χ2n) is 10.4. The molecule has 2 aromatic heterocycles. The quantitative estimate of drug-likeness (QED) is 0.0737. The summed E-state index contributed by atoms with van der Waals surface area (Å²) < 4.78 is 6.59. The second-order valence-corrected chi connectivity index (χ2v) is 10.4. The van der Waals surface area contributed by atoms with Crippen LogP contribution in [0.4, 0.5) is 0 Å². The van der Waals surface area contributed by atoms with E-state index in [-0.39, 0.29) is 36.4 Å². The lowest BCUT2D eigenvalue weighted by Gasteiger charge is -2.21. The number of esters is 1. The number of carbonyl (C=O) groups is 2. The standard InChI is InChI=1S/C28H31N7O6.C2H6/c1-14-6-17-19(11-34(30)10-16(29)4-3-5-31-24(36)9-32-40)20-12-35-23(25(20)33-22(17)7-15(14)2)8-18-21(27(35)38)13-41-28(39)26(18)37;1-2/h6-8,10,26,37H,3-5,9,11-13,29-30H2,1-2H3,(H,31,36);1-2H3/b16-10-;. The summed E-state index contributed by atoms with van der Waals surface area (Å²) in [6, 6.07) is 5.69. The number of hydrazine groups is 1. The van der Waals surface area contributed by atoms with Crippen LogP contribution in [0.3, 0.4) is 0 Å². The third-order valence-electron chi connectivity index (χ3n) is 7.53. The molecule has 0 radical (unpaired) electrons. The van der Waals surface area contributed by atoms with Crippen molar-refractivity contribution in [1.29, 1.82) is 0 Å². The molecular weight excluding hydrogens is 554 g/mol. The Morgan fingerprint density at radius 3 is 2.67 bits per heavy atom. The minimum absolute atomic E-state index is 0.195. The summed E-state index contributed by atoms with van der Waals surface area (Å²) in [6.07, 6.45) is 1.11. The molecule has 0 saturated heterocycles. The predicted molar refractivity (Wildman–Crippen MR) is 161 cm³/mol. The number of amides is 1. The molecule has 0 fully saturated rings. The van der Waals surface area contributed by atoms with Crippen molar-refractivity contribution < 1.29 is 19.4 Å². The van der Waals surface area contributed by atoms with Gasteiger partial charge < -0.3 is 30.5 Å². The van der Waals surface area contributed by atoms with Crippen LogP contribution in [0.2, 0.25) is 0 Å². The lowest BCUT2D eigenvalue weighted by Crippen LogP contribution is -2.32. The molecule has 13 heteroatoms. The highest BCUT2D eigenvalue weighted by Gasteiger charge is 2.34. The normalized spacial score (nSPS) is 15.1. The Morgan fingerprint density at radius 2 is 1.95 bits per heavy atom. The van der Waals surface area contributed by atoms with Gasteiger partial charge in [-0.2, -0.15) is 4.91 Å². The van der Waals surface area contributed by atoms with Crippen LogP contribution in [0.25, 0.3) is 22.3 Å². The van der Waals surface area contributed by atoms with E-state index in [0.717, 1.165) is 33.2 Å². The van der Waals surface area contributed by atoms with Crippen LogP contribution in [-0.4, -0.2) is 44.6 Å². The van der Waals surface area contributed by atoms with Crippen LogP contribution in [-0.2, 0) is 34.0 Å². The summed E-state index contributed by atoms with van der Waals surface area (Å²) in [5, 5.41) is 17.9. The van der Waals surface area contributed by atoms with E-state index in [9.17, 15) is 24.4 Å². The number of pyridine rings is 2. The van der Waals surface area contributed by atoms with Crippen molar-refractivity contribution in [2.24, 2.45) is 16.8 Å². The number of nitroso groups, excluding NO2 is 1. The largest absolute Gasteiger partial charge is 0.458 e. The maximum absolute atomic E-state index is 13.4. The first-order chi connectivity index (χ1) is 20.6. The van der Waals surface area contributed by atoms with Gasteiger partial charge in [-0.05, 0) is 61.6 Å². The number of nitrogens with one attached hydrogen (secondary N) is 1. The molecule has 0 bridgehead atoms. The van der Waals surface area contributed by atoms with Crippen LogP contribution in [0.5, 0.6) is 0 Å². The lowest BCUT2D eigenvalue weighted by molar-refractivity contribution is -0.157. The van der Waals surface area contributed by atoms with E-state index in [2.05, 4.69) is 16.6 Å².